The maximum atomic E-state index is 6.14. The molecule has 0 unspecified atom stereocenters. The number of aliphatic imine (C=N–C) groups is 1. The molecule has 0 spiro atoms. The van der Waals surface area contributed by atoms with Gasteiger partial charge in [0.25, 0.3) is 0 Å². The van der Waals surface area contributed by atoms with Crippen LogP contribution in [0.3, 0.4) is 0 Å². The zero-order valence-electron chi connectivity index (χ0n) is 15.1. The molecule has 0 aliphatic carbocycles. The Balaban J connectivity index is 1.82. The third kappa shape index (κ3) is 5.62. The van der Waals surface area contributed by atoms with Crippen LogP contribution in [-0.2, 0) is 6.42 Å². The van der Waals surface area contributed by atoms with Crippen molar-refractivity contribution in [2.24, 2.45) is 10.7 Å². The molecule has 1 aliphatic rings. The Morgan fingerprint density at radius 2 is 1.92 bits per heavy atom. The molecule has 2 rings (SSSR count). The summed E-state index contributed by atoms with van der Waals surface area (Å²) in [5, 5.41) is 0. The Labute approximate surface area is 145 Å². The van der Waals surface area contributed by atoms with Gasteiger partial charge >= 0.3 is 0 Å². The SMILES string of the molecule is CCOc1cc(CCCN=C(N)N2CCCCCC2)ccc1OC. The van der Waals surface area contributed by atoms with Crippen molar-refractivity contribution in [3.05, 3.63) is 23.8 Å². The molecule has 1 aliphatic heterocycles. The van der Waals surface area contributed by atoms with Gasteiger partial charge in [-0.25, -0.2) is 0 Å². The normalized spacial score (nSPS) is 15.9. The van der Waals surface area contributed by atoms with E-state index in [1.165, 1.54) is 31.2 Å². The Morgan fingerprint density at radius 3 is 2.58 bits per heavy atom. The van der Waals surface area contributed by atoms with Gasteiger partial charge in [0, 0.05) is 19.6 Å². The Bertz CT molecular complexity index is 523. The first-order valence-corrected chi connectivity index (χ1v) is 9.09. The first-order valence-electron chi connectivity index (χ1n) is 9.09. The molecule has 1 aromatic carbocycles. The number of methoxy groups -OCH3 is 1. The van der Waals surface area contributed by atoms with E-state index in [4.69, 9.17) is 15.2 Å². The van der Waals surface area contributed by atoms with Gasteiger partial charge in [0.15, 0.2) is 17.5 Å². The van der Waals surface area contributed by atoms with Crippen molar-refractivity contribution >= 4 is 5.96 Å². The molecule has 1 heterocycles. The molecule has 1 saturated heterocycles. The summed E-state index contributed by atoms with van der Waals surface area (Å²) < 4.78 is 10.9. The number of nitrogens with two attached hydrogens (primary N) is 1. The lowest BCUT2D eigenvalue weighted by Crippen LogP contribution is -2.38. The predicted molar refractivity (Wildman–Crippen MR) is 99.0 cm³/mol. The number of hydrogen-bond donors (Lipinski definition) is 1. The minimum atomic E-state index is 0.635. The van der Waals surface area contributed by atoms with Crippen LogP contribution in [-0.4, -0.2) is 44.2 Å². The molecule has 0 aromatic heterocycles. The molecule has 0 atom stereocenters. The summed E-state index contributed by atoms with van der Waals surface area (Å²) in [5.74, 6) is 2.30. The quantitative estimate of drug-likeness (QED) is 0.473. The predicted octanol–water partition coefficient (Wildman–Crippen LogP) is 3.22. The summed E-state index contributed by atoms with van der Waals surface area (Å²) in [7, 11) is 1.66. The Hall–Kier alpha value is -1.91. The number of benzene rings is 1. The van der Waals surface area contributed by atoms with Gasteiger partial charge in [-0.1, -0.05) is 18.9 Å². The van der Waals surface area contributed by atoms with E-state index in [0.717, 1.165) is 44.0 Å². The maximum absolute atomic E-state index is 6.14. The van der Waals surface area contributed by atoms with Crippen molar-refractivity contribution in [3.63, 3.8) is 0 Å². The number of aryl methyl sites for hydroxylation is 1. The molecule has 0 bridgehead atoms. The zero-order valence-corrected chi connectivity index (χ0v) is 15.1. The van der Waals surface area contributed by atoms with E-state index in [2.05, 4.69) is 22.0 Å². The Kier molecular flexibility index (Phi) is 7.72. The summed E-state index contributed by atoms with van der Waals surface area (Å²) in [6.07, 6.45) is 7.00. The van der Waals surface area contributed by atoms with Gasteiger partial charge in [-0.05, 0) is 50.3 Å². The van der Waals surface area contributed by atoms with Crippen LogP contribution in [0.25, 0.3) is 0 Å². The summed E-state index contributed by atoms with van der Waals surface area (Å²) in [6, 6.07) is 6.11. The summed E-state index contributed by atoms with van der Waals surface area (Å²) in [5.41, 5.74) is 7.38. The summed E-state index contributed by atoms with van der Waals surface area (Å²) in [6.45, 7) is 5.47. The lowest BCUT2D eigenvalue weighted by Gasteiger charge is -2.21. The molecular formula is C19H31N3O2. The van der Waals surface area contributed by atoms with E-state index < -0.39 is 0 Å². The number of ether oxygens (including phenoxy) is 2. The minimum Gasteiger partial charge on any atom is -0.493 e. The maximum Gasteiger partial charge on any atom is 0.191 e. The highest BCUT2D eigenvalue weighted by Gasteiger charge is 2.10. The highest BCUT2D eigenvalue weighted by atomic mass is 16.5. The monoisotopic (exact) mass is 333 g/mol. The molecular weight excluding hydrogens is 302 g/mol. The number of likely N-dealkylation sites (tertiary alicyclic amines) is 1. The molecule has 0 saturated carbocycles. The van der Waals surface area contributed by atoms with Crippen molar-refractivity contribution < 1.29 is 9.47 Å². The summed E-state index contributed by atoms with van der Waals surface area (Å²) >= 11 is 0. The molecule has 24 heavy (non-hydrogen) atoms. The van der Waals surface area contributed by atoms with Crippen molar-refractivity contribution in [2.75, 3.05) is 33.4 Å². The topological polar surface area (TPSA) is 60.1 Å². The van der Waals surface area contributed by atoms with Gasteiger partial charge in [0.05, 0.1) is 13.7 Å². The van der Waals surface area contributed by atoms with Crippen LogP contribution in [0.2, 0.25) is 0 Å². The van der Waals surface area contributed by atoms with E-state index in [0.29, 0.717) is 12.6 Å². The first kappa shape index (κ1) is 18.4. The fourth-order valence-electron chi connectivity index (χ4n) is 3.02. The van der Waals surface area contributed by atoms with E-state index in [1.807, 2.05) is 13.0 Å². The van der Waals surface area contributed by atoms with Crippen LogP contribution in [0.1, 0.15) is 44.6 Å². The van der Waals surface area contributed by atoms with Crippen molar-refractivity contribution in [1.29, 1.82) is 0 Å². The molecule has 5 heteroatoms. The van der Waals surface area contributed by atoms with E-state index in [9.17, 15) is 0 Å². The summed E-state index contributed by atoms with van der Waals surface area (Å²) in [4.78, 5) is 6.79. The number of nitrogens with zero attached hydrogens (tertiary/aromatic N) is 2. The molecule has 1 aromatic rings. The second-order valence-corrected chi connectivity index (χ2v) is 6.16. The highest BCUT2D eigenvalue weighted by molar-refractivity contribution is 5.78. The number of guanidine groups is 1. The lowest BCUT2D eigenvalue weighted by molar-refractivity contribution is 0.310. The largest absolute Gasteiger partial charge is 0.493 e. The van der Waals surface area contributed by atoms with Crippen LogP contribution < -0.4 is 15.2 Å². The molecule has 134 valence electrons. The first-order chi connectivity index (χ1) is 11.7. The van der Waals surface area contributed by atoms with Crippen LogP contribution in [0.4, 0.5) is 0 Å². The third-order valence-corrected chi connectivity index (χ3v) is 4.36. The van der Waals surface area contributed by atoms with Crippen LogP contribution in [0.15, 0.2) is 23.2 Å². The fraction of sp³-hybridized carbons (Fsp3) is 0.632. The van der Waals surface area contributed by atoms with Crippen molar-refractivity contribution in [3.8, 4) is 11.5 Å². The van der Waals surface area contributed by atoms with Gasteiger partial charge in [-0.3, -0.25) is 4.99 Å². The number of hydrogen-bond acceptors (Lipinski definition) is 3. The van der Waals surface area contributed by atoms with Gasteiger partial charge in [0.1, 0.15) is 0 Å². The van der Waals surface area contributed by atoms with Gasteiger partial charge in [-0.2, -0.15) is 0 Å². The molecule has 2 N–H and O–H groups in total. The van der Waals surface area contributed by atoms with Gasteiger partial charge in [0.2, 0.25) is 0 Å². The fourth-order valence-corrected chi connectivity index (χ4v) is 3.02. The van der Waals surface area contributed by atoms with E-state index in [1.54, 1.807) is 7.11 Å². The van der Waals surface area contributed by atoms with E-state index in [-0.39, 0.29) is 0 Å². The third-order valence-electron chi connectivity index (χ3n) is 4.36. The van der Waals surface area contributed by atoms with Gasteiger partial charge < -0.3 is 20.1 Å². The number of rotatable bonds is 7. The smallest absolute Gasteiger partial charge is 0.191 e. The lowest BCUT2D eigenvalue weighted by atomic mass is 10.1. The highest BCUT2D eigenvalue weighted by Crippen LogP contribution is 2.28. The minimum absolute atomic E-state index is 0.635. The average Bonchev–Trinajstić information content (AvgIpc) is 2.88. The standard InChI is InChI=1S/C19H31N3O2/c1-3-24-18-15-16(10-11-17(18)23-2)9-8-12-21-19(20)22-13-6-4-5-7-14-22/h10-11,15H,3-9,12-14H2,1-2H3,(H2,20,21). The average molecular weight is 333 g/mol. The van der Waals surface area contributed by atoms with Crippen molar-refractivity contribution in [1.82, 2.24) is 4.90 Å². The van der Waals surface area contributed by atoms with Gasteiger partial charge in [-0.15, -0.1) is 0 Å². The van der Waals surface area contributed by atoms with Crippen molar-refractivity contribution in [2.45, 2.75) is 45.4 Å². The second-order valence-electron chi connectivity index (χ2n) is 6.16. The molecule has 5 nitrogen and oxygen atoms in total. The molecule has 1 fully saturated rings. The Morgan fingerprint density at radius 1 is 1.17 bits per heavy atom. The molecule has 0 amide bonds. The van der Waals surface area contributed by atoms with Crippen LogP contribution >= 0.6 is 0 Å². The zero-order chi connectivity index (χ0) is 17.2. The van der Waals surface area contributed by atoms with Crippen LogP contribution in [0, 0.1) is 0 Å². The second kappa shape index (κ2) is 10.1. The van der Waals surface area contributed by atoms with E-state index >= 15 is 0 Å². The van der Waals surface area contributed by atoms with Crippen LogP contribution in [0.5, 0.6) is 11.5 Å². The molecule has 0 radical (unpaired) electrons.